The molecule has 8 heterocycles. The van der Waals surface area contributed by atoms with Gasteiger partial charge in [-0.25, -0.2) is 9.67 Å². The molecular formula is C43H46N14O5. The zero-order chi connectivity index (χ0) is 42.8. The minimum absolute atomic E-state index is 0.0894. The number of fused-ring (bicyclic) bond motifs is 3. The van der Waals surface area contributed by atoms with Crippen LogP contribution in [-0.4, -0.2) is 134 Å². The number of piperazine rings is 1. The summed E-state index contributed by atoms with van der Waals surface area (Å²) in [5, 5.41) is 26.0. The Morgan fingerprint density at radius 3 is 2.47 bits per heavy atom. The van der Waals surface area contributed by atoms with Gasteiger partial charge in [0.2, 0.25) is 17.8 Å². The van der Waals surface area contributed by atoms with Gasteiger partial charge in [0, 0.05) is 93.5 Å². The molecule has 5 aliphatic rings. The summed E-state index contributed by atoms with van der Waals surface area (Å²) in [6, 6.07) is 13.8. The average Bonchev–Trinajstić information content (AvgIpc) is 4.01. The zero-order valence-corrected chi connectivity index (χ0v) is 34.7. The molecule has 0 radical (unpaired) electrons. The first kappa shape index (κ1) is 39.1. The van der Waals surface area contributed by atoms with Crippen LogP contribution >= 0.6 is 0 Å². The van der Waals surface area contributed by atoms with Crippen LogP contribution in [0.4, 0.5) is 23.1 Å². The predicted octanol–water partition coefficient (Wildman–Crippen LogP) is 2.97. The lowest BCUT2D eigenvalue weighted by Gasteiger charge is -2.39. The van der Waals surface area contributed by atoms with E-state index < -0.39 is 29.7 Å². The van der Waals surface area contributed by atoms with Crippen molar-refractivity contribution in [1.82, 2.24) is 50.5 Å². The number of carbonyl (C=O) groups is 5. The zero-order valence-electron chi connectivity index (χ0n) is 34.7. The number of pyridine rings is 1. The molecule has 19 heteroatoms. The van der Waals surface area contributed by atoms with E-state index in [0.717, 1.165) is 103 Å². The highest BCUT2D eigenvalue weighted by atomic mass is 16.2. The molecule has 5 aliphatic heterocycles. The molecule has 19 nitrogen and oxygen atoms in total. The van der Waals surface area contributed by atoms with Crippen molar-refractivity contribution in [2.75, 3.05) is 72.9 Å². The lowest BCUT2D eigenvalue weighted by Crippen LogP contribution is -2.54. The van der Waals surface area contributed by atoms with Crippen LogP contribution < -0.4 is 25.3 Å². The number of aromatic amines is 1. The Morgan fingerprint density at radius 1 is 0.887 bits per heavy atom. The number of aromatic nitrogens is 7. The van der Waals surface area contributed by atoms with E-state index in [-0.39, 0.29) is 24.8 Å². The molecule has 0 bridgehead atoms. The van der Waals surface area contributed by atoms with Crippen molar-refractivity contribution < 1.29 is 24.0 Å². The Balaban J connectivity index is 0.739. The van der Waals surface area contributed by atoms with E-state index in [9.17, 15) is 24.0 Å². The Bertz CT molecular complexity index is 2690. The second kappa shape index (κ2) is 15.5. The number of nitrogens with zero attached hydrogens (tertiary/aromatic N) is 11. The minimum Gasteiger partial charge on any atom is -0.371 e. The lowest BCUT2D eigenvalue weighted by atomic mass is 9.95. The number of carbonyl (C=O) groups excluding carboxylic acids is 5. The highest BCUT2D eigenvalue weighted by molar-refractivity contribution is 6.23. The van der Waals surface area contributed by atoms with Crippen molar-refractivity contribution in [1.29, 1.82) is 0 Å². The summed E-state index contributed by atoms with van der Waals surface area (Å²) in [6.45, 7) is 10.0. The second-order valence-electron chi connectivity index (χ2n) is 16.7. The van der Waals surface area contributed by atoms with Gasteiger partial charge in [-0.1, -0.05) is 5.10 Å². The van der Waals surface area contributed by atoms with Crippen LogP contribution in [0.2, 0.25) is 0 Å². The largest absolute Gasteiger partial charge is 0.371 e. The van der Waals surface area contributed by atoms with Gasteiger partial charge in [-0.2, -0.15) is 5.10 Å². The first-order chi connectivity index (χ1) is 30.0. The molecule has 5 amide bonds. The van der Waals surface area contributed by atoms with Crippen molar-refractivity contribution in [2.24, 2.45) is 5.92 Å². The lowest BCUT2D eigenvalue weighted by molar-refractivity contribution is -0.136. The number of anilines is 4. The molecule has 3 N–H and O–H groups in total. The number of hydrogen-bond donors (Lipinski definition) is 3. The van der Waals surface area contributed by atoms with Gasteiger partial charge in [0.15, 0.2) is 0 Å². The third kappa shape index (κ3) is 6.81. The maximum Gasteiger partial charge on any atom is 0.262 e. The summed E-state index contributed by atoms with van der Waals surface area (Å²) >= 11 is 0. The van der Waals surface area contributed by atoms with E-state index >= 15 is 0 Å². The van der Waals surface area contributed by atoms with E-state index in [1.54, 1.807) is 16.8 Å². The molecule has 2 aromatic carbocycles. The molecular weight excluding hydrogens is 793 g/mol. The SMILES string of the molecule is CC1=C(C(=O)Nc2ccc3[nH]nc(-c4ccnc(N5CCN(CC6CCN(c7ccc8c(c7)C(=O)N(C7CCC(=O)NC7=O)C8=O)CC6)CC5)c4)c3c2)[C@@H](C)n2nnnc2N1C. The van der Waals surface area contributed by atoms with Gasteiger partial charge >= 0.3 is 0 Å². The van der Waals surface area contributed by atoms with Gasteiger partial charge < -0.3 is 20.0 Å². The van der Waals surface area contributed by atoms with E-state index in [1.807, 2.05) is 62.3 Å². The maximum atomic E-state index is 13.7. The van der Waals surface area contributed by atoms with Crippen LogP contribution in [0.3, 0.4) is 0 Å². The number of hydrogen-bond acceptors (Lipinski definition) is 14. The van der Waals surface area contributed by atoms with Crippen molar-refractivity contribution in [3.8, 4) is 11.3 Å². The Labute approximate surface area is 356 Å². The first-order valence-electron chi connectivity index (χ1n) is 21.1. The number of nitrogens with one attached hydrogen (secondary N) is 3. The molecule has 3 aromatic heterocycles. The van der Waals surface area contributed by atoms with Gasteiger partial charge in [-0.3, -0.25) is 44.2 Å². The summed E-state index contributed by atoms with van der Waals surface area (Å²) in [7, 11) is 1.84. The number of imide groups is 2. The van der Waals surface area contributed by atoms with E-state index in [2.05, 4.69) is 57.1 Å². The average molecular weight is 839 g/mol. The van der Waals surface area contributed by atoms with E-state index in [0.29, 0.717) is 34.3 Å². The van der Waals surface area contributed by atoms with E-state index in [1.165, 1.54) is 0 Å². The van der Waals surface area contributed by atoms with Crippen LogP contribution in [0.1, 0.15) is 66.3 Å². The van der Waals surface area contributed by atoms with Gasteiger partial charge in [0.05, 0.1) is 28.3 Å². The molecule has 0 saturated carbocycles. The van der Waals surface area contributed by atoms with Crippen LogP contribution in [0.15, 0.2) is 66.0 Å². The monoisotopic (exact) mass is 838 g/mol. The van der Waals surface area contributed by atoms with Crippen molar-refractivity contribution in [3.63, 3.8) is 0 Å². The quantitative estimate of drug-likeness (QED) is 0.192. The summed E-state index contributed by atoms with van der Waals surface area (Å²) in [6.07, 6.45) is 4.06. The predicted molar refractivity (Wildman–Crippen MR) is 228 cm³/mol. The highest BCUT2D eigenvalue weighted by Crippen LogP contribution is 2.36. The second-order valence-corrected chi connectivity index (χ2v) is 16.7. The smallest absolute Gasteiger partial charge is 0.262 e. The van der Waals surface area contributed by atoms with Gasteiger partial charge in [-0.05, 0) is 98.0 Å². The fourth-order valence-electron chi connectivity index (χ4n) is 9.57. The molecule has 5 aromatic rings. The Hall–Kier alpha value is -7.02. The number of piperidine rings is 2. The molecule has 318 valence electrons. The fourth-order valence-corrected chi connectivity index (χ4v) is 9.57. The number of H-pyrrole nitrogens is 1. The van der Waals surface area contributed by atoms with Gasteiger partial charge in [0.25, 0.3) is 17.7 Å². The van der Waals surface area contributed by atoms with Crippen LogP contribution in [0, 0.1) is 5.92 Å². The van der Waals surface area contributed by atoms with Crippen LogP contribution in [-0.2, 0) is 14.4 Å². The minimum atomic E-state index is -0.977. The molecule has 3 fully saturated rings. The summed E-state index contributed by atoms with van der Waals surface area (Å²) in [4.78, 5) is 79.0. The van der Waals surface area contributed by atoms with Crippen molar-refractivity contribution >= 4 is 63.6 Å². The van der Waals surface area contributed by atoms with Gasteiger partial charge in [0.1, 0.15) is 17.6 Å². The Kier molecular flexibility index (Phi) is 9.76. The third-order valence-corrected chi connectivity index (χ3v) is 13.2. The normalized spacial score (nSPS) is 21.2. The fraction of sp³-hybridized carbons (Fsp3) is 0.395. The van der Waals surface area contributed by atoms with Crippen molar-refractivity contribution in [3.05, 3.63) is 77.1 Å². The highest BCUT2D eigenvalue weighted by Gasteiger charge is 2.45. The molecule has 3 saturated heterocycles. The number of rotatable bonds is 8. The topological polar surface area (TPSA) is 211 Å². The third-order valence-electron chi connectivity index (χ3n) is 13.2. The summed E-state index contributed by atoms with van der Waals surface area (Å²) < 4.78 is 1.64. The van der Waals surface area contributed by atoms with Crippen LogP contribution in [0.5, 0.6) is 0 Å². The molecule has 2 atom stereocenters. The number of tetrazole rings is 1. The summed E-state index contributed by atoms with van der Waals surface area (Å²) in [5.74, 6) is -0.181. The summed E-state index contributed by atoms with van der Waals surface area (Å²) in [5.41, 5.74) is 6.07. The molecule has 1 unspecified atom stereocenters. The standard InChI is InChI=1S/C43H46N14O5/c1-24-37(25(2)57-43(52(24)3)49-50-51-57)40(60)45-28-4-7-33-32(21-28)38(48-47-33)27-10-13-44-35(20-27)55-18-16-53(17-19-55)23-26-11-14-54(15-12-26)29-5-6-30-31(22-29)42(62)56(41(30)61)34-8-9-36(58)46-39(34)59/h4-7,10,13,20-22,25-26,34H,8-9,11-12,14-19,23H2,1-3H3,(H,45,60)(H,47,48)(H,46,58,59)/t25-,34?/m1/s1. The Morgan fingerprint density at radius 2 is 1.68 bits per heavy atom. The number of amides is 5. The molecule has 0 aliphatic carbocycles. The molecule has 62 heavy (non-hydrogen) atoms. The molecule has 0 spiro atoms. The molecule has 10 rings (SSSR count). The van der Waals surface area contributed by atoms with Gasteiger partial charge in [-0.15, -0.1) is 0 Å². The maximum absolute atomic E-state index is 13.7. The number of benzene rings is 2. The number of allylic oxidation sites excluding steroid dienone is 1. The van der Waals surface area contributed by atoms with Crippen molar-refractivity contribution in [2.45, 2.75) is 51.6 Å². The van der Waals surface area contributed by atoms with E-state index in [4.69, 9.17) is 4.98 Å². The first-order valence-corrected chi connectivity index (χ1v) is 21.1. The van der Waals surface area contributed by atoms with Crippen LogP contribution in [0.25, 0.3) is 22.2 Å².